The van der Waals surface area contributed by atoms with Crippen molar-refractivity contribution in [3.8, 4) is 0 Å². The van der Waals surface area contributed by atoms with Crippen LogP contribution in [-0.2, 0) is 14.4 Å². The van der Waals surface area contributed by atoms with Gasteiger partial charge in [-0.2, -0.15) is 0 Å². The van der Waals surface area contributed by atoms with Crippen molar-refractivity contribution in [2.24, 2.45) is 5.92 Å². The van der Waals surface area contributed by atoms with Crippen LogP contribution in [0.15, 0.2) is 24.3 Å². The Kier molecular flexibility index (Phi) is 6.78. The molecular formula is C26H36N2O3. The molecule has 0 spiro atoms. The van der Waals surface area contributed by atoms with E-state index in [1.807, 2.05) is 29.2 Å². The molecule has 1 aliphatic heterocycles. The molecule has 0 bridgehead atoms. The minimum absolute atomic E-state index is 0.0120. The van der Waals surface area contributed by atoms with Crippen molar-refractivity contribution in [1.29, 1.82) is 0 Å². The maximum atomic E-state index is 13.6. The maximum Gasteiger partial charge on any atom is 0.257 e. The Morgan fingerprint density at radius 3 is 2.06 bits per heavy atom. The summed E-state index contributed by atoms with van der Waals surface area (Å²) in [6, 6.07) is 7.14. The third-order valence-corrected chi connectivity index (χ3v) is 7.45. The second-order valence-corrected chi connectivity index (χ2v) is 9.91. The molecule has 3 amide bonds. The van der Waals surface area contributed by atoms with Crippen LogP contribution < -0.4 is 4.90 Å². The first kappa shape index (κ1) is 22.0. The monoisotopic (exact) mass is 424 g/mol. The molecule has 1 saturated heterocycles. The molecule has 3 aliphatic rings. The van der Waals surface area contributed by atoms with Gasteiger partial charge >= 0.3 is 0 Å². The van der Waals surface area contributed by atoms with E-state index in [9.17, 15) is 14.4 Å². The Labute approximate surface area is 186 Å². The van der Waals surface area contributed by atoms with Gasteiger partial charge in [-0.1, -0.05) is 64.5 Å². The highest BCUT2D eigenvalue weighted by molar-refractivity contribution is 6.23. The quantitative estimate of drug-likeness (QED) is 0.612. The van der Waals surface area contributed by atoms with Crippen LogP contribution in [0.5, 0.6) is 0 Å². The van der Waals surface area contributed by atoms with Crippen LogP contribution in [0, 0.1) is 5.92 Å². The summed E-state index contributed by atoms with van der Waals surface area (Å²) in [4.78, 5) is 43.3. The summed E-state index contributed by atoms with van der Waals surface area (Å²) < 4.78 is 0. The van der Waals surface area contributed by atoms with Gasteiger partial charge in [-0.25, -0.2) is 4.90 Å². The van der Waals surface area contributed by atoms with Crippen LogP contribution in [0.25, 0.3) is 0 Å². The number of amides is 3. The molecule has 1 aromatic carbocycles. The molecule has 1 heterocycles. The van der Waals surface area contributed by atoms with Crippen molar-refractivity contribution >= 4 is 23.4 Å². The molecule has 0 N–H and O–H groups in total. The number of carbonyl (C=O) groups is 3. The van der Waals surface area contributed by atoms with Crippen LogP contribution in [0.3, 0.4) is 0 Å². The largest absolute Gasteiger partial charge is 0.327 e. The Morgan fingerprint density at radius 2 is 1.48 bits per heavy atom. The highest BCUT2D eigenvalue weighted by Gasteiger charge is 2.47. The van der Waals surface area contributed by atoms with E-state index in [1.54, 1.807) is 0 Å². The second kappa shape index (κ2) is 9.54. The third kappa shape index (κ3) is 4.56. The van der Waals surface area contributed by atoms with E-state index < -0.39 is 6.04 Å². The molecule has 1 atom stereocenters. The van der Waals surface area contributed by atoms with Gasteiger partial charge in [0.05, 0.1) is 12.1 Å². The van der Waals surface area contributed by atoms with Gasteiger partial charge in [-0.15, -0.1) is 0 Å². The van der Waals surface area contributed by atoms with Crippen LogP contribution >= 0.6 is 0 Å². The fraction of sp³-hybridized carbons (Fsp3) is 0.654. The zero-order valence-electron chi connectivity index (χ0n) is 19.0. The van der Waals surface area contributed by atoms with Gasteiger partial charge in [0.2, 0.25) is 11.8 Å². The lowest BCUT2D eigenvalue weighted by molar-refractivity contribution is -0.146. The number of benzene rings is 1. The van der Waals surface area contributed by atoms with E-state index in [0.29, 0.717) is 11.6 Å². The molecule has 0 aromatic heterocycles. The number of hydrogen-bond donors (Lipinski definition) is 0. The summed E-state index contributed by atoms with van der Waals surface area (Å²) in [6.45, 7) is 4.24. The van der Waals surface area contributed by atoms with E-state index in [0.717, 1.165) is 51.4 Å². The smallest absolute Gasteiger partial charge is 0.257 e. The summed E-state index contributed by atoms with van der Waals surface area (Å²) in [5.74, 6) is 0.107. The molecule has 4 rings (SSSR count). The van der Waals surface area contributed by atoms with E-state index in [2.05, 4.69) is 13.8 Å². The Bertz CT molecular complexity index is 804. The number of carbonyl (C=O) groups excluding carboxylic acids is 3. The van der Waals surface area contributed by atoms with Crippen LogP contribution in [0.1, 0.15) is 96.0 Å². The van der Waals surface area contributed by atoms with Gasteiger partial charge in [-0.3, -0.25) is 14.4 Å². The highest BCUT2D eigenvalue weighted by atomic mass is 16.2. The average molecular weight is 425 g/mol. The van der Waals surface area contributed by atoms with Crippen molar-refractivity contribution in [3.63, 3.8) is 0 Å². The standard InChI is InChI=1S/C26H36N2O3/c1-18(2)19-13-15-22(16-14-19)28-24(29)17-23(26(28)31)27(21-11-7-4-8-12-21)25(30)20-9-5-3-6-10-20/h13-16,18,20-21,23H,3-12,17H2,1-2H3. The fourth-order valence-electron chi connectivity index (χ4n) is 5.62. The lowest BCUT2D eigenvalue weighted by Gasteiger charge is -2.40. The maximum absolute atomic E-state index is 13.6. The Hall–Kier alpha value is -2.17. The first-order chi connectivity index (χ1) is 15.0. The van der Waals surface area contributed by atoms with Gasteiger partial charge in [0.1, 0.15) is 6.04 Å². The molecule has 5 heteroatoms. The number of nitrogens with zero attached hydrogens (tertiary/aromatic N) is 2. The zero-order chi connectivity index (χ0) is 22.0. The molecular weight excluding hydrogens is 388 g/mol. The summed E-state index contributed by atoms with van der Waals surface area (Å²) >= 11 is 0. The molecule has 0 radical (unpaired) electrons. The van der Waals surface area contributed by atoms with Crippen molar-refractivity contribution in [1.82, 2.24) is 4.90 Å². The van der Waals surface area contributed by atoms with Gasteiger partial charge in [0, 0.05) is 12.0 Å². The molecule has 31 heavy (non-hydrogen) atoms. The number of hydrogen-bond acceptors (Lipinski definition) is 3. The average Bonchev–Trinajstić information content (AvgIpc) is 3.08. The summed E-state index contributed by atoms with van der Waals surface area (Å²) in [6.07, 6.45) is 10.6. The topological polar surface area (TPSA) is 57.7 Å². The van der Waals surface area contributed by atoms with Crippen LogP contribution in [0.4, 0.5) is 5.69 Å². The van der Waals surface area contributed by atoms with Gasteiger partial charge < -0.3 is 4.90 Å². The molecule has 1 aromatic rings. The molecule has 168 valence electrons. The molecule has 1 unspecified atom stereocenters. The van der Waals surface area contributed by atoms with Gasteiger partial charge in [-0.05, 0) is 49.3 Å². The van der Waals surface area contributed by atoms with Crippen LogP contribution in [0.2, 0.25) is 0 Å². The van der Waals surface area contributed by atoms with E-state index in [4.69, 9.17) is 0 Å². The Balaban J connectivity index is 1.59. The number of anilines is 1. The van der Waals surface area contributed by atoms with Crippen molar-refractivity contribution in [2.75, 3.05) is 4.90 Å². The van der Waals surface area contributed by atoms with Crippen LogP contribution in [-0.4, -0.2) is 34.7 Å². The summed E-state index contributed by atoms with van der Waals surface area (Å²) in [5, 5.41) is 0. The van der Waals surface area contributed by atoms with Gasteiger partial charge in [0.15, 0.2) is 0 Å². The normalized spacial score (nSPS) is 23.6. The zero-order valence-corrected chi connectivity index (χ0v) is 19.0. The lowest BCUT2D eigenvalue weighted by Crippen LogP contribution is -2.53. The highest BCUT2D eigenvalue weighted by Crippen LogP contribution is 2.35. The molecule has 2 aliphatic carbocycles. The molecule has 2 saturated carbocycles. The number of imide groups is 1. The Morgan fingerprint density at radius 1 is 0.903 bits per heavy atom. The summed E-state index contributed by atoms with van der Waals surface area (Å²) in [7, 11) is 0. The molecule has 3 fully saturated rings. The number of rotatable bonds is 5. The SMILES string of the molecule is CC(C)c1ccc(N2C(=O)CC(N(C(=O)C3CCCCC3)C3CCCCC3)C2=O)cc1. The van der Waals surface area contributed by atoms with Crippen molar-refractivity contribution in [2.45, 2.75) is 102 Å². The third-order valence-electron chi connectivity index (χ3n) is 7.45. The van der Waals surface area contributed by atoms with E-state index in [1.165, 1.54) is 23.3 Å². The predicted molar refractivity (Wildman–Crippen MR) is 122 cm³/mol. The van der Waals surface area contributed by atoms with Crippen molar-refractivity contribution < 1.29 is 14.4 Å². The van der Waals surface area contributed by atoms with Crippen molar-refractivity contribution in [3.05, 3.63) is 29.8 Å². The first-order valence-corrected chi connectivity index (χ1v) is 12.3. The minimum atomic E-state index is -0.644. The minimum Gasteiger partial charge on any atom is -0.327 e. The summed E-state index contributed by atoms with van der Waals surface area (Å²) in [5.41, 5.74) is 1.80. The first-order valence-electron chi connectivity index (χ1n) is 12.3. The van der Waals surface area contributed by atoms with Gasteiger partial charge in [0.25, 0.3) is 5.91 Å². The fourth-order valence-corrected chi connectivity index (χ4v) is 5.62. The molecule has 5 nitrogen and oxygen atoms in total. The van der Waals surface area contributed by atoms with E-state index >= 15 is 0 Å². The lowest BCUT2D eigenvalue weighted by atomic mass is 9.86. The van der Waals surface area contributed by atoms with E-state index in [-0.39, 0.29) is 36.1 Å². The predicted octanol–water partition coefficient (Wildman–Crippen LogP) is 5.18. The second-order valence-electron chi connectivity index (χ2n) is 9.91.